The first-order chi connectivity index (χ1) is 5.35. The molecule has 0 aliphatic rings. The van der Waals surface area contributed by atoms with E-state index >= 15 is 0 Å². The molecule has 0 saturated carbocycles. The van der Waals surface area contributed by atoms with Gasteiger partial charge in [-0.05, 0) is 6.42 Å². The third-order valence-electron chi connectivity index (χ3n) is 1.28. The molecule has 0 aliphatic heterocycles. The second-order valence-electron chi connectivity index (χ2n) is 2.30. The topological polar surface area (TPSA) is 43.4 Å². The van der Waals surface area contributed by atoms with Gasteiger partial charge in [0.05, 0.1) is 6.10 Å². The largest absolute Gasteiger partial charge is 0.377 e. The molecule has 0 fully saturated rings. The Kier molecular flexibility index (Phi) is 6.94. The van der Waals surface area contributed by atoms with Crippen molar-refractivity contribution in [2.24, 2.45) is 0 Å². The standard InChI is InChI=1S/C8H14O3/c1-2-7-11-8(3-5-9)4-6-10/h5-6,8H,2-4,7H2,1H3. The SMILES string of the molecule is CCCOC(CC=O)CC=O. The van der Waals surface area contributed by atoms with Crippen molar-refractivity contribution in [3.63, 3.8) is 0 Å². The molecular weight excluding hydrogens is 144 g/mol. The van der Waals surface area contributed by atoms with Gasteiger partial charge in [-0.15, -0.1) is 0 Å². The highest BCUT2D eigenvalue weighted by molar-refractivity contribution is 5.54. The van der Waals surface area contributed by atoms with Gasteiger partial charge in [-0.25, -0.2) is 0 Å². The minimum atomic E-state index is -0.204. The Balaban J connectivity index is 3.49. The van der Waals surface area contributed by atoms with Crippen LogP contribution in [0, 0.1) is 0 Å². The van der Waals surface area contributed by atoms with Crippen LogP contribution in [0.1, 0.15) is 26.2 Å². The predicted molar refractivity (Wildman–Crippen MR) is 41.4 cm³/mol. The van der Waals surface area contributed by atoms with Crippen molar-refractivity contribution in [3.8, 4) is 0 Å². The molecule has 0 bridgehead atoms. The van der Waals surface area contributed by atoms with Gasteiger partial charge in [0, 0.05) is 19.4 Å². The van der Waals surface area contributed by atoms with Gasteiger partial charge in [0.15, 0.2) is 0 Å². The summed E-state index contributed by atoms with van der Waals surface area (Å²) in [6.07, 6.45) is 2.91. The number of carbonyl (C=O) groups excluding carboxylic acids is 2. The summed E-state index contributed by atoms with van der Waals surface area (Å²) < 4.78 is 5.21. The Labute approximate surface area is 66.7 Å². The summed E-state index contributed by atoms with van der Waals surface area (Å²) in [5.74, 6) is 0. The van der Waals surface area contributed by atoms with Gasteiger partial charge in [0.25, 0.3) is 0 Å². The molecule has 0 atom stereocenters. The molecule has 0 aliphatic carbocycles. The Morgan fingerprint density at radius 3 is 2.18 bits per heavy atom. The van der Waals surface area contributed by atoms with Crippen molar-refractivity contribution in [2.75, 3.05) is 6.61 Å². The maximum Gasteiger partial charge on any atom is 0.122 e. The zero-order valence-corrected chi connectivity index (χ0v) is 6.79. The van der Waals surface area contributed by atoms with E-state index in [4.69, 9.17) is 4.74 Å². The smallest absolute Gasteiger partial charge is 0.122 e. The first-order valence-electron chi connectivity index (χ1n) is 3.84. The zero-order valence-electron chi connectivity index (χ0n) is 6.79. The van der Waals surface area contributed by atoms with E-state index < -0.39 is 0 Å². The number of rotatable bonds is 7. The second kappa shape index (κ2) is 7.41. The fourth-order valence-corrected chi connectivity index (χ4v) is 0.731. The van der Waals surface area contributed by atoms with Crippen LogP contribution in [0.4, 0.5) is 0 Å². The van der Waals surface area contributed by atoms with Gasteiger partial charge < -0.3 is 14.3 Å². The number of ether oxygens (including phenoxy) is 1. The molecule has 0 amide bonds. The fourth-order valence-electron chi connectivity index (χ4n) is 0.731. The van der Waals surface area contributed by atoms with Crippen molar-refractivity contribution >= 4 is 12.6 Å². The van der Waals surface area contributed by atoms with Crippen LogP contribution >= 0.6 is 0 Å². The lowest BCUT2D eigenvalue weighted by Crippen LogP contribution is -2.14. The van der Waals surface area contributed by atoms with Crippen LogP contribution in [0.3, 0.4) is 0 Å². The van der Waals surface area contributed by atoms with E-state index in [1.807, 2.05) is 6.92 Å². The monoisotopic (exact) mass is 158 g/mol. The van der Waals surface area contributed by atoms with Crippen LogP contribution in [-0.4, -0.2) is 25.3 Å². The molecule has 0 aromatic rings. The van der Waals surface area contributed by atoms with Gasteiger partial charge in [-0.2, -0.15) is 0 Å². The molecule has 0 aromatic carbocycles. The van der Waals surface area contributed by atoms with Crippen molar-refractivity contribution in [1.29, 1.82) is 0 Å². The van der Waals surface area contributed by atoms with Gasteiger partial charge in [-0.1, -0.05) is 6.92 Å². The van der Waals surface area contributed by atoms with E-state index in [9.17, 15) is 9.59 Å². The molecule has 0 heterocycles. The molecule has 0 saturated heterocycles. The third kappa shape index (κ3) is 5.73. The Bertz CT molecular complexity index is 102. The summed E-state index contributed by atoms with van der Waals surface area (Å²) in [6.45, 7) is 2.60. The third-order valence-corrected chi connectivity index (χ3v) is 1.28. The Morgan fingerprint density at radius 2 is 1.82 bits per heavy atom. The molecule has 3 heteroatoms. The molecule has 0 spiro atoms. The maximum atomic E-state index is 10.1. The minimum Gasteiger partial charge on any atom is -0.377 e. The summed E-state index contributed by atoms with van der Waals surface area (Å²) in [6, 6.07) is 0. The zero-order chi connectivity index (χ0) is 8.53. The van der Waals surface area contributed by atoms with E-state index in [0.717, 1.165) is 19.0 Å². The van der Waals surface area contributed by atoms with Crippen molar-refractivity contribution in [2.45, 2.75) is 32.3 Å². The summed E-state index contributed by atoms with van der Waals surface area (Å²) >= 11 is 0. The van der Waals surface area contributed by atoms with Gasteiger partial charge in [-0.3, -0.25) is 0 Å². The van der Waals surface area contributed by atoms with Crippen LogP contribution < -0.4 is 0 Å². The van der Waals surface area contributed by atoms with Crippen molar-refractivity contribution in [3.05, 3.63) is 0 Å². The van der Waals surface area contributed by atoms with E-state index in [2.05, 4.69) is 0 Å². The van der Waals surface area contributed by atoms with Gasteiger partial charge in [0.2, 0.25) is 0 Å². The van der Waals surface area contributed by atoms with Crippen molar-refractivity contribution < 1.29 is 14.3 Å². The first kappa shape index (κ1) is 10.3. The molecule has 0 unspecified atom stereocenters. The van der Waals surface area contributed by atoms with Gasteiger partial charge >= 0.3 is 0 Å². The molecular formula is C8H14O3. The fraction of sp³-hybridized carbons (Fsp3) is 0.750. The quantitative estimate of drug-likeness (QED) is 0.518. The van der Waals surface area contributed by atoms with Crippen molar-refractivity contribution in [1.82, 2.24) is 0 Å². The number of hydrogen-bond acceptors (Lipinski definition) is 3. The average Bonchev–Trinajstić information content (AvgIpc) is 2.01. The van der Waals surface area contributed by atoms with E-state index in [0.29, 0.717) is 19.4 Å². The molecule has 3 nitrogen and oxygen atoms in total. The summed E-state index contributed by atoms with van der Waals surface area (Å²) in [5.41, 5.74) is 0. The summed E-state index contributed by atoms with van der Waals surface area (Å²) in [4.78, 5) is 20.1. The molecule has 0 rings (SSSR count). The summed E-state index contributed by atoms with van der Waals surface area (Å²) in [7, 11) is 0. The molecule has 0 radical (unpaired) electrons. The molecule has 0 aromatic heterocycles. The first-order valence-corrected chi connectivity index (χ1v) is 3.84. The number of aldehydes is 2. The lowest BCUT2D eigenvalue weighted by atomic mass is 10.2. The normalized spacial score (nSPS) is 10.0. The van der Waals surface area contributed by atoms with Crippen LogP contribution in [0.5, 0.6) is 0 Å². The van der Waals surface area contributed by atoms with Crippen LogP contribution in [0.2, 0.25) is 0 Å². The molecule has 11 heavy (non-hydrogen) atoms. The predicted octanol–water partition coefficient (Wildman–Crippen LogP) is 0.960. The van der Waals surface area contributed by atoms with E-state index in [-0.39, 0.29) is 6.10 Å². The van der Waals surface area contributed by atoms with E-state index in [1.54, 1.807) is 0 Å². The Morgan fingerprint density at radius 1 is 1.27 bits per heavy atom. The molecule has 64 valence electrons. The average molecular weight is 158 g/mol. The van der Waals surface area contributed by atoms with Crippen LogP contribution in [0.15, 0.2) is 0 Å². The van der Waals surface area contributed by atoms with Crippen LogP contribution in [-0.2, 0) is 14.3 Å². The highest BCUT2D eigenvalue weighted by Gasteiger charge is 2.05. The summed E-state index contributed by atoms with van der Waals surface area (Å²) in [5, 5.41) is 0. The highest BCUT2D eigenvalue weighted by atomic mass is 16.5. The number of carbonyl (C=O) groups is 2. The second-order valence-corrected chi connectivity index (χ2v) is 2.30. The van der Waals surface area contributed by atoms with E-state index in [1.165, 1.54) is 0 Å². The van der Waals surface area contributed by atoms with Gasteiger partial charge in [0.1, 0.15) is 12.6 Å². The highest BCUT2D eigenvalue weighted by Crippen LogP contribution is 2.00. The van der Waals surface area contributed by atoms with Crippen LogP contribution in [0.25, 0.3) is 0 Å². The number of hydrogen-bond donors (Lipinski definition) is 0. The lowest BCUT2D eigenvalue weighted by Gasteiger charge is -2.10. The molecule has 0 N–H and O–H groups in total. The lowest BCUT2D eigenvalue weighted by molar-refractivity contribution is -0.113. The maximum absolute atomic E-state index is 10.1. The minimum absolute atomic E-state index is 0.204. The Hall–Kier alpha value is -0.700.